The van der Waals surface area contributed by atoms with E-state index >= 15 is 0 Å². The molecule has 22 heavy (non-hydrogen) atoms. The summed E-state index contributed by atoms with van der Waals surface area (Å²) >= 11 is 11.9. The standard InChI is InChI=1S/C15H21Cl2N3O2/c1-2-18-15(20-10-6-7-10)19-8-11(21)9-22-13-5-3-4-12(16)14(13)17/h3-5,10-11,21H,2,6-9H2,1H3,(H2,18,19,20). The first-order valence-electron chi connectivity index (χ1n) is 7.40. The van der Waals surface area contributed by atoms with Crippen molar-refractivity contribution in [3.05, 3.63) is 28.2 Å². The molecule has 0 bridgehead atoms. The maximum absolute atomic E-state index is 9.97. The molecule has 0 aromatic heterocycles. The summed E-state index contributed by atoms with van der Waals surface area (Å²) in [4.78, 5) is 4.35. The van der Waals surface area contributed by atoms with Crippen LogP contribution in [0, 0.1) is 0 Å². The molecular weight excluding hydrogens is 325 g/mol. The molecule has 0 aliphatic heterocycles. The number of aliphatic hydroxyl groups excluding tert-OH is 1. The summed E-state index contributed by atoms with van der Waals surface area (Å²) in [7, 11) is 0. The molecule has 5 nitrogen and oxygen atoms in total. The molecule has 1 aromatic carbocycles. The van der Waals surface area contributed by atoms with Gasteiger partial charge >= 0.3 is 0 Å². The molecule has 2 rings (SSSR count). The number of aliphatic hydroxyl groups is 1. The number of benzene rings is 1. The molecule has 0 heterocycles. The van der Waals surface area contributed by atoms with Crippen LogP contribution in [0.1, 0.15) is 19.8 Å². The topological polar surface area (TPSA) is 65.9 Å². The smallest absolute Gasteiger partial charge is 0.191 e. The zero-order valence-corrected chi connectivity index (χ0v) is 14.0. The molecule has 7 heteroatoms. The van der Waals surface area contributed by atoms with E-state index in [4.69, 9.17) is 27.9 Å². The molecule has 122 valence electrons. The van der Waals surface area contributed by atoms with Crippen LogP contribution in [0.5, 0.6) is 5.75 Å². The number of halogens is 2. The third-order valence-electron chi connectivity index (χ3n) is 3.07. The highest BCUT2D eigenvalue weighted by atomic mass is 35.5. The van der Waals surface area contributed by atoms with Crippen LogP contribution in [-0.2, 0) is 0 Å². The van der Waals surface area contributed by atoms with Crippen molar-refractivity contribution < 1.29 is 9.84 Å². The van der Waals surface area contributed by atoms with Crippen molar-refractivity contribution in [1.82, 2.24) is 10.6 Å². The number of nitrogens with one attached hydrogen (secondary N) is 2. The molecule has 1 saturated carbocycles. The van der Waals surface area contributed by atoms with Gasteiger partial charge in [-0.3, -0.25) is 4.99 Å². The van der Waals surface area contributed by atoms with Crippen molar-refractivity contribution in [3.8, 4) is 5.75 Å². The quantitative estimate of drug-likeness (QED) is 0.524. The Balaban J connectivity index is 1.80. The minimum atomic E-state index is -0.718. The lowest BCUT2D eigenvalue weighted by Crippen LogP contribution is -2.39. The van der Waals surface area contributed by atoms with E-state index in [1.807, 2.05) is 6.92 Å². The molecule has 1 aliphatic rings. The van der Waals surface area contributed by atoms with E-state index in [0.717, 1.165) is 12.5 Å². The van der Waals surface area contributed by atoms with Gasteiger partial charge in [-0.2, -0.15) is 0 Å². The summed E-state index contributed by atoms with van der Waals surface area (Å²) in [6.45, 7) is 3.14. The predicted molar refractivity (Wildman–Crippen MR) is 90.1 cm³/mol. The second kappa shape index (κ2) is 8.46. The van der Waals surface area contributed by atoms with Crippen LogP contribution >= 0.6 is 23.2 Å². The number of aliphatic imine (C=N–C) groups is 1. The van der Waals surface area contributed by atoms with Gasteiger partial charge in [-0.05, 0) is 31.9 Å². The lowest BCUT2D eigenvalue weighted by Gasteiger charge is -2.14. The normalized spacial score (nSPS) is 16.3. The molecule has 1 aliphatic carbocycles. The Labute approximate surface area is 140 Å². The molecule has 0 radical (unpaired) electrons. The van der Waals surface area contributed by atoms with Gasteiger partial charge in [0.2, 0.25) is 0 Å². The Bertz CT molecular complexity index is 522. The van der Waals surface area contributed by atoms with Gasteiger partial charge in [0.25, 0.3) is 0 Å². The first-order valence-corrected chi connectivity index (χ1v) is 8.15. The van der Waals surface area contributed by atoms with Gasteiger partial charge in [-0.25, -0.2) is 0 Å². The summed E-state index contributed by atoms with van der Waals surface area (Å²) in [5, 5.41) is 17.2. The average Bonchev–Trinajstić information content (AvgIpc) is 3.30. The van der Waals surface area contributed by atoms with Gasteiger partial charge in [0, 0.05) is 12.6 Å². The Hall–Kier alpha value is -1.17. The number of nitrogens with zero attached hydrogens (tertiary/aromatic N) is 1. The highest BCUT2D eigenvalue weighted by Gasteiger charge is 2.22. The monoisotopic (exact) mass is 345 g/mol. The maximum atomic E-state index is 9.97. The molecule has 3 N–H and O–H groups in total. The van der Waals surface area contributed by atoms with Crippen LogP contribution in [-0.4, -0.2) is 42.9 Å². The number of rotatable bonds is 7. The molecule has 0 amide bonds. The minimum absolute atomic E-state index is 0.104. The first-order chi connectivity index (χ1) is 10.6. The molecule has 0 saturated heterocycles. The SMILES string of the molecule is CCNC(=NCC(O)COc1cccc(Cl)c1Cl)NC1CC1. The molecule has 1 unspecified atom stereocenters. The van der Waals surface area contributed by atoms with E-state index in [1.54, 1.807) is 18.2 Å². The Morgan fingerprint density at radius 2 is 2.23 bits per heavy atom. The van der Waals surface area contributed by atoms with Gasteiger partial charge in [0.05, 0.1) is 11.6 Å². The zero-order chi connectivity index (χ0) is 15.9. The first kappa shape index (κ1) is 17.2. The molecular formula is C15H21Cl2N3O2. The highest BCUT2D eigenvalue weighted by molar-refractivity contribution is 6.42. The van der Waals surface area contributed by atoms with Crippen LogP contribution in [0.25, 0.3) is 0 Å². The van der Waals surface area contributed by atoms with E-state index in [9.17, 15) is 5.11 Å². The van der Waals surface area contributed by atoms with Crippen LogP contribution < -0.4 is 15.4 Å². The minimum Gasteiger partial charge on any atom is -0.489 e. The zero-order valence-electron chi connectivity index (χ0n) is 12.5. The van der Waals surface area contributed by atoms with Crippen molar-refractivity contribution in [2.75, 3.05) is 19.7 Å². The van der Waals surface area contributed by atoms with Gasteiger partial charge in [-0.1, -0.05) is 29.3 Å². The Morgan fingerprint density at radius 1 is 1.45 bits per heavy atom. The average molecular weight is 346 g/mol. The number of guanidine groups is 1. The number of hydrogen-bond acceptors (Lipinski definition) is 3. The molecule has 1 aromatic rings. The van der Waals surface area contributed by atoms with Crippen molar-refractivity contribution >= 4 is 29.2 Å². The number of hydrogen-bond donors (Lipinski definition) is 3. The van der Waals surface area contributed by atoms with E-state index in [2.05, 4.69) is 15.6 Å². The lowest BCUT2D eigenvalue weighted by atomic mass is 10.3. The van der Waals surface area contributed by atoms with Gasteiger partial charge in [0.15, 0.2) is 5.96 Å². The second-order valence-corrected chi connectivity index (χ2v) is 5.94. The molecule has 1 atom stereocenters. The van der Waals surface area contributed by atoms with Crippen molar-refractivity contribution in [3.63, 3.8) is 0 Å². The largest absolute Gasteiger partial charge is 0.489 e. The predicted octanol–water partition coefficient (Wildman–Crippen LogP) is 2.45. The van der Waals surface area contributed by atoms with Crippen LogP contribution in [0.15, 0.2) is 23.2 Å². The van der Waals surface area contributed by atoms with Gasteiger partial charge in [0.1, 0.15) is 23.5 Å². The Kier molecular flexibility index (Phi) is 6.61. The molecule has 1 fully saturated rings. The van der Waals surface area contributed by atoms with Crippen LogP contribution in [0.4, 0.5) is 0 Å². The van der Waals surface area contributed by atoms with E-state index in [0.29, 0.717) is 21.8 Å². The summed E-state index contributed by atoms with van der Waals surface area (Å²) in [5.41, 5.74) is 0. The van der Waals surface area contributed by atoms with Crippen LogP contribution in [0.2, 0.25) is 10.0 Å². The van der Waals surface area contributed by atoms with Crippen molar-refractivity contribution in [1.29, 1.82) is 0 Å². The van der Waals surface area contributed by atoms with Crippen molar-refractivity contribution in [2.24, 2.45) is 4.99 Å². The summed E-state index contributed by atoms with van der Waals surface area (Å²) < 4.78 is 5.49. The van der Waals surface area contributed by atoms with Crippen molar-refractivity contribution in [2.45, 2.75) is 31.9 Å². The Morgan fingerprint density at radius 3 is 2.91 bits per heavy atom. The second-order valence-electron chi connectivity index (χ2n) is 5.16. The fraction of sp³-hybridized carbons (Fsp3) is 0.533. The van der Waals surface area contributed by atoms with E-state index in [-0.39, 0.29) is 13.2 Å². The fourth-order valence-electron chi connectivity index (χ4n) is 1.77. The summed E-state index contributed by atoms with van der Waals surface area (Å²) in [5.74, 6) is 1.19. The summed E-state index contributed by atoms with van der Waals surface area (Å²) in [6.07, 6.45) is 1.62. The fourth-order valence-corrected chi connectivity index (χ4v) is 2.12. The highest BCUT2D eigenvalue weighted by Crippen LogP contribution is 2.31. The number of ether oxygens (including phenoxy) is 1. The van der Waals surface area contributed by atoms with E-state index in [1.165, 1.54) is 12.8 Å². The molecule has 0 spiro atoms. The van der Waals surface area contributed by atoms with Gasteiger partial charge in [-0.15, -0.1) is 0 Å². The lowest BCUT2D eigenvalue weighted by molar-refractivity contribution is 0.114. The van der Waals surface area contributed by atoms with E-state index < -0.39 is 6.10 Å². The third-order valence-corrected chi connectivity index (χ3v) is 3.87. The van der Waals surface area contributed by atoms with Crippen LogP contribution in [0.3, 0.4) is 0 Å². The third kappa shape index (κ3) is 5.55. The summed E-state index contributed by atoms with van der Waals surface area (Å²) in [6, 6.07) is 5.65. The van der Waals surface area contributed by atoms with Gasteiger partial charge < -0.3 is 20.5 Å². The maximum Gasteiger partial charge on any atom is 0.191 e.